The molecule has 128 valence electrons. The predicted molar refractivity (Wildman–Crippen MR) is 101 cm³/mol. The first kappa shape index (κ1) is 17.1. The van der Waals surface area contributed by atoms with Crippen LogP contribution in [-0.2, 0) is 13.6 Å². The molecular formula is C18H19ClN6. The number of rotatable bonds is 3. The second-order valence-corrected chi connectivity index (χ2v) is 5.88. The van der Waals surface area contributed by atoms with Crippen LogP contribution >= 0.6 is 12.4 Å². The maximum atomic E-state index is 5.76. The summed E-state index contributed by atoms with van der Waals surface area (Å²) < 4.78 is 3.64. The van der Waals surface area contributed by atoms with Crippen molar-refractivity contribution >= 4 is 18.1 Å². The molecule has 25 heavy (non-hydrogen) atoms. The quantitative estimate of drug-likeness (QED) is 0.613. The summed E-state index contributed by atoms with van der Waals surface area (Å²) in [6, 6.07) is 10.2. The van der Waals surface area contributed by atoms with Gasteiger partial charge in [0.2, 0.25) is 0 Å². The normalized spacial score (nSPS) is 10.8. The number of aryl methyl sites for hydroxylation is 2. The van der Waals surface area contributed by atoms with Gasteiger partial charge in [0, 0.05) is 43.2 Å². The first-order chi connectivity index (χ1) is 11.7. The molecule has 0 aliphatic carbocycles. The monoisotopic (exact) mass is 354 g/mol. The second-order valence-electron chi connectivity index (χ2n) is 5.88. The molecule has 0 atom stereocenters. The molecule has 0 aliphatic heterocycles. The molecule has 3 heterocycles. The van der Waals surface area contributed by atoms with Gasteiger partial charge in [-0.15, -0.1) is 12.4 Å². The molecule has 0 saturated carbocycles. The maximum Gasteiger partial charge on any atom is 0.156 e. The largest absolute Gasteiger partial charge is 0.326 e. The van der Waals surface area contributed by atoms with Crippen LogP contribution in [0.25, 0.3) is 28.2 Å². The minimum absolute atomic E-state index is 0. The van der Waals surface area contributed by atoms with Gasteiger partial charge in [-0.3, -0.25) is 4.68 Å². The Hall–Kier alpha value is -2.70. The lowest BCUT2D eigenvalue weighted by molar-refractivity contribution is 0.768. The molecule has 0 bridgehead atoms. The van der Waals surface area contributed by atoms with Crippen LogP contribution in [0, 0.1) is 6.92 Å². The first-order valence-electron chi connectivity index (χ1n) is 7.79. The SMILES string of the molecule is Cc1cc(-c2ccnc3cc(-c4cnn(C)c4)nn23)ccc1CN.Cl. The van der Waals surface area contributed by atoms with Gasteiger partial charge in [-0.1, -0.05) is 12.1 Å². The fourth-order valence-corrected chi connectivity index (χ4v) is 2.89. The molecule has 0 radical (unpaired) electrons. The third kappa shape index (κ3) is 3.01. The number of fused-ring (bicyclic) bond motifs is 1. The van der Waals surface area contributed by atoms with Crippen molar-refractivity contribution in [1.82, 2.24) is 24.4 Å². The van der Waals surface area contributed by atoms with Crippen LogP contribution in [0.2, 0.25) is 0 Å². The summed E-state index contributed by atoms with van der Waals surface area (Å²) in [6.07, 6.45) is 5.56. The van der Waals surface area contributed by atoms with Crippen LogP contribution in [0.3, 0.4) is 0 Å². The van der Waals surface area contributed by atoms with E-state index in [2.05, 4.69) is 35.2 Å². The topological polar surface area (TPSA) is 74.0 Å². The molecule has 0 amide bonds. The summed E-state index contributed by atoms with van der Waals surface area (Å²) in [7, 11) is 1.89. The minimum atomic E-state index is 0. The molecular weight excluding hydrogens is 336 g/mol. The zero-order valence-corrected chi connectivity index (χ0v) is 14.9. The first-order valence-corrected chi connectivity index (χ1v) is 7.79. The van der Waals surface area contributed by atoms with Gasteiger partial charge in [0.05, 0.1) is 17.6 Å². The van der Waals surface area contributed by atoms with E-state index in [0.717, 1.165) is 33.7 Å². The molecule has 6 nitrogen and oxygen atoms in total. The van der Waals surface area contributed by atoms with E-state index in [1.54, 1.807) is 4.68 Å². The van der Waals surface area contributed by atoms with Crippen molar-refractivity contribution in [1.29, 1.82) is 0 Å². The molecule has 2 N–H and O–H groups in total. The highest BCUT2D eigenvalue weighted by atomic mass is 35.5. The zero-order valence-electron chi connectivity index (χ0n) is 14.0. The Morgan fingerprint density at radius 1 is 1.12 bits per heavy atom. The number of hydrogen-bond acceptors (Lipinski definition) is 4. The van der Waals surface area contributed by atoms with Crippen molar-refractivity contribution in [2.24, 2.45) is 12.8 Å². The Labute approximate surface area is 151 Å². The number of nitrogens with two attached hydrogens (primary N) is 1. The lowest BCUT2D eigenvalue weighted by Gasteiger charge is -2.08. The van der Waals surface area contributed by atoms with Crippen LogP contribution in [0.4, 0.5) is 0 Å². The third-order valence-electron chi connectivity index (χ3n) is 4.22. The standard InChI is InChI=1S/C18H18N6.ClH/c1-12-7-13(3-4-14(12)9-19)17-5-6-20-18-8-16(22-24(17)18)15-10-21-23(2)11-15;/h3-8,10-11H,9,19H2,1-2H3;1H. The molecule has 0 saturated heterocycles. The molecule has 3 aromatic heterocycles. The summed E-state index contributed by atoms with van der Waals surface area (Å²) in [4.78, 5) is 4.43. The van der Waals surface area contributed by atoms with Crippen LogP contribution in [-0.4, -0.2) is 24.4 Å². The van der Waals surface area contributed by atoms with E-state index >= 15 is 0 Å². The smallest absolute Gasteiger partial charge is 0.156 e. The van der Waals surface area contributed by atoms with Crippen molar-refractivity contribution in [3.63, 3.8) is 0 Å². The second kappa shape index (κ2) is 6.66. The zero-order chi connectivity index (χ0) is 16.7. The summed E-state index contributed by atoms with van der Waals surface area (Å²) >= 11 is 0. The van der Waals surface area contributed by atoms with Crippen molar-refractivity contribution in [2.45, 2.75) is 13.5 Å². The van der Waals surface area contributed by atoms with Crippen LogP contribution in [0.15, 0.2) is 48.9 Å². The van der Waals surface area contributed by atoms with Crippen molar-refractivity contribution in [3.05, 3.63) is 60.0 Å². The van der Waals surface area contributed by atoms with Gasteiger partial charge in [0.25, 0.3) is 0 Å². The van der Waals surface area contributed by atoms with Crippen molar-refractivity contribution in [2.75, 3.05) is 0 Å². The van der Waals surface area contributed by atoms with E-state index in [1.165, 1.54) is 5.56 Å². The van der Waals surface area contributed by atoms with Gasteiger partial charge in [-0.25, -0.2) is 9.50 Å². The predicted octanol–water partition coefficient (Wildman–Crippen LogP) is 2.99. The average Bonchev–Trinajstić information content (AvgIpc) is 3.20. The Morgan fingerprint density at radius 3 is 2.64 bits per heavy atom. The van der Waals surface area contributed by atoms with E-state index in [1.807, 2.05) is 42.3 Å². The molecule has 0 aliphatic rings. The van der Waals surface area contributed by atoms with Crippen molar-refractivity contribution < 1.29 is 0 Å². The minimum Gasteiger partial charge on any atom is -0.326 e. The molecule has 4 rings (SSSR count). The van der Waals surface area contributed by atoms with Crippen LogP contribution in [0.1, 0.15) is 11.1 Å². The summed E-state index contributed by atoms with van der Waals surface area (Å²) in [5.41, 5.74) is 12.8. The van der Waals surface area contributed by atoms with E-state index < -0.39 is 0 Å². The fourth-order valence-electron chi connectivity index (χ4n) is 2.89. The lowest BCUT2D eigenvalue weighted by atomic mass is 10.0. The Kier molecular flexibility index (Phi) is 4.57. The highest BCUT2D eigenvalue weighted by molar-refractivity contribution is 5.85. The number of hydrogen-bond donors (Lipinski definition) is 1. The van der Waals surface area contributed by atoms with Gasteiger partial charge >= 0.3 is 0 Å². The lowest BCUT2D eigenvalue weighted by Crippen LogP contribution is -2.00. The maximum absolute atomic E-state index is 5.76. The molecule has 7 heteroatoms. The van der Waals surface area contributed by atoms with E-state index in [-0.39, 0.29) is 12.4 Å². The van der Waals surface area contributed by atoms with Crippen molar-refractivity contribution in [3.8, 4) is 22.5 Å². The summed E-state index contributed by atoms with van der Waals surface area (Å²) in [5.74, 6) is 0. The van der Waals surface area contributed by atoms with Gasteiger partial charge < -0.3 is 5.73 Å². The molecule has 1 aromatic carbocycles. The van der Waals surface area contributed by atoms with E-state index in [9.17, 15) is 0 Å². The highest BCUT2D eigenvalue weighted by Gasteiger charge is 2.11. The highest BCUT2D eigenvalue weighted by Crippen LogP contribution is 2.25. The van der Waals surface area contributed by atoms with Crippen LogP contribution in [0.5, 0.6) is 0 Å². The molecule has 0 fully saturated rings. The number of benzene rings is 1. The Balaban J connectivity index is 0.00000182. The Bertz CT molecular complexity index is 1030. The fraction of sp³-hybridized carbons (Fsp3) is 0.167. The van der Waals surface area contributed by atoms with E-state index in [0.29, 0.717) is 6.54 Å². The van der Waals surface area contributed by atoms with E-state index in [4.69, 9.17) is 10.8 Å². The third-order valence-corrected chi connectivity index (χ3v) is 4.22. The van der Waals surface area contributed by atoms with Gasteiger partial charge in [-0.05, 0) is 30.2 Å². The summed E-state index contributed by atoms with van der Waals surface area (Å²) in [6.45, 7) is 2.62. The van der Waals surface area contributed by atoms with Crippen LogP contribution < -0.4 is 5.73 Å². The average molecular weight is 355 g/mol. The van der Waals surface area contributed by atoms with Gasteiger partial charge in [-0.2, -0.15) is 10.2 Å². The molecule has 0 unspecified atom stereocenters. The summed E-state index contributed by atoms with van der Waals surface area (Å²) in [5, 5.41) is 8.93. The van der Waals surface area contributed by atoms with Gasteiger partial charge in [0.15, 0.2) is 5.65 Å². The number of aromatic nitrogens is 5. The number of nitrogens with zero attached hydrogens (tertiary/aromatic N) is 5. The number of halogens is 1. The molecule has 0 spiro atoms. The van der Waals surface area contributed by atoms with Gasteiger partial charge in [0.1, 0.15) is 0 Å². The molecule has 4 aromatic rings. The Morgan fingerprint density at radius 2 is 1.96 bits per heavy atom.